The van der Waals surface area contributed by atoms with E-state index in [4.69, 9.17) is 10.5 Å². The first-order valence-corrected chi connectivity index (χ1v) is 6.53. The summed E-state index contributed by atoms with van der Waals surface area (Å²) in [6.45, 7) is 2.78. The Labute approximate surface area is 121 Å². The van der Waals surface area contributed by atoms with Crippen molar-refractivity contribution < 1.29 is 0 Å². The fourth-order valence-electron chi connectivity index (χ4n) is 2.31. The van der Waals surface area contributed by atoms with Gasteiger partial charge in [-0.25, -0.2) is 4.98 Å². The number of pyridine rings is 1. The molecule has 0 spiro atoms. The fourth-order valence-corrected chi connectivity index (χ4v) is 2.31. The van der Waals surface area contributed by atoms with Crippen molar-refractivity contribution >= 4 is 11.0 Å². The Bertz CT molecular complexity index is 891. The smallest absolute Gasteiger partial charge is 0.159 e. The molecular weight excluding hydrogens is 262 g/mol. The molecule has 0 aliphatic rings. The van der Waals surface area contributed by atoms with Crippen LogP contribution in [0.4, 0.5) is 0 Å². The van der Waals surface area contributed by atoms with E-state index in [-0.39, 0.29) is 0 Å². The second-order valence-electron chi connectivity index (χ2n) is 4.54. The predicted octanol–water partition coefficient (Wildman–Crippen LogP) is 2.86. The summed E-state index contributed by atoms with van der Waals surface area (Å²) in [5.74, 6) is 0.743. The summed E-state index contributed by atoms with van der Waals surface area (Å²) < 4.78 is 2.05. The van der Waals surface area contributed by atoms with Crippen molar-refractivity contribution in [2.75, 3.05) is 0 Å². The van der Waals surface area contributed by atoms with Crippen molar-refractivity contribution in [1.82, 2.24) is 14.5 Å². The van der Waals surface area contributed by atoms with E-state index >= 15 is 0 Å². The normalized spacial score (nSPS) is 10.2. The summed E-state index contributed by atoms with van der Waals surface area (Å²) in [4.78, 5) is 8.88. The minimum absolute atomic E-state index is 0.518. The Morgan fingerprint density at radius 3 is 2.48 bits per heavy atom. The number of rotatable bonds is 2. The summed E-state index contributed by atoms with van der Waals surface area (Å²) in [5.41, 5.74) is 3.56. The molecular formula is C16H11N5. The van der Waals surface area contributed by atoms with Crippen molar-refractivity contribution in [2.24, 2.45) is 0 Å². The van der Waals surface area contributed by atoms with Gasteiger partial charge in [-0.3, -0.25) is 4.98 Å². The van der Waals surface area contributed by atoms with E-state index in [9.17, 15) is 0 Å². The zero-order valence-corrected chi connectivity index (χ0v) is 11.4. The molecule has 0 saturated heterocycles. The van der Waals surface area contributed by atoms with Crippen LogP contribution in [-0.4, -0.2) is 14.5 Å². The van der Waals surface area contributed by atoms with Crippen LogP contribution in [0.5, 0.6) is 0 Å². The average Bonchev–Trinajstić information content (AvgIpc) is 2.92. The molecule has 0 fully saturated rings. The topological polar surface area (TPSA) is 78.3 Å². The van der Waals surface area contributed by atoms with Crippen LogP contribution in [0.3, 0.4) is 0 Å². The molecule has 3 aromatic rings. The number of fused-ring (bicyclic) bond motifs is 1. The monoisotopic (exact) mass is 273 g/mol. The van der Waals surface area contributed by atoms with Crippen molar-refractivity contribution in [3.05, 3.63) is 47.7 Å². The molecule has 5 heteroatoms. The Kier molecular flexibility index (Phi) is 3.10. The highest BCUT2D eigenvalue weighted by molar-refractivity contribution is 5.81. The van der Waals surface area contributed by atoms with Crippen molar-refractivity contribution in [3.8, 4) is 23.7 Å². The van der Waals surface area contributed by atoms with Crippen LogP contribution in [0.15, 0.2) is 36.5 Å². The minimum Gasteiger partial charge on any atom is -0.323 e. The predicted molar refractivity (Wildman–Crippen MR) is 78.1 cm³/mol. The lowest BCUT2D eigenvalue weighted by molar-refractivity contribution is 0.793. The molecule has 0 bridgehead atoms. The number of benzene rings is 1. The first-order chi connectivity index (χ1) is 10.3. The van der Waals surface area contributed by atoms with E-state index < -0.39 is 0 Å². The molecule has 5 nitrogen and oxygen atoms in total. The van der Waals surface area contributed by atoms with Gasteiger partial charge in [0.25, 0.3) is 0 Å². The second-order valence-corrected chi connectivity index (χ2v) is 4.54. The number of aryl methyl sites for hydroxylation is 1. The third kappa shape index (κ3) is 2.11. The van der Waals surface area contributed by atoms with Crippen LogP contribution in [0.1, 0.15) is 18.1 Å². The zero-order chi connectivity index (χ0) is 14.8. The first-order valence-electron chi connectivity index (χ1n) is 6.53. The number of imidazole rings is 1. The lowest BCUT2D eigenvalue weighted by Gasteiger charge is -2.05. The van der Waals surface area contributed by atoms with Gasteiger partial charge in [0.2, 0.25) is 0 Å². The maximum Gasteiger partial charge on any atom is 0.159 e. The van der Waals surface area contributed by atoms with Gasteiger partial charge in [-0.2, -0.15) is 10.5 Å². The van der Waals surface area contributed by atoms with E-state index in [0.29, 0.717) is 16.8 Å². The molecule has 21 heavy (non-hydrogen) atoms. The number of hydrogen-bond donors (Lipinski definition) is 0. The molecule has 0 N–H and O–H groups in total. The van der Waals surface area contributed by atoms with Gasteiger partial charge >= 0.3 is 0 Å². The summed E-state index contributed by atoms with van der Waals surface area (Å²) in [6, 6.07) is 13.1. The van der Waals surface area contributed by atoms with Gasteiger partial charge in [-0.15, -0.1) is 0 Å². The molecule has 3 rings (SSSR count). The number of nitrogens with zero attached hydrogens (tertiary/aromatic N) is 5. The van der Waals surface area contributed by atoms with Crippen LogP contribution in [0, 0.1) is 22.7 Å². The molecule has 1 aromatic carbocycles. The molecule has 0 aliphatic heterocycles. The number of hydrogen-bond acceptors (Lipinski definition) is 4. The molecule has 2 aromatic heterocycles. The second kappa shape index (κ2) is 5.07. The molecule has 0 atom stereocenters. The Morgan fingerprint density at radius 2 is 1.86 bits per heavy atom. The highest BCUT2D eigenvalue weighted by atomic mass is 15.1. The van der Waals surface area contributed by atoms with E-state index in [1.165, 1.54) is 6.20 Å². The number of nitriles is 2. The Morgan fingerprint density at radius 1 is 1.10 bits per heavy atom. The van der Waals surface area contributed by atoms with Gasteiger partial charge < -0.3 is 4.57 Å². The van der Waals surface area contributed by atoms with E-state index in [2.05, 4.69) is 22.1 Å². The molecule has 100 valence electrons. The highest BCUT2D eigenvalue weighted by Crippen LogP contribution is 2.24. The standard InChI is InChI=1S/C16H11N5/c1-2-21-15-6-4-11(8-17)7-14(15)20-16(21)13-5-3-12(9-18)10-19-13/h3-7,10H,2H2,1H3. The van der Waals surface area contributed by atoms with E-state index in [0.717, 1.165) is 23.4 Å². The van der Waals surface area contributed by atoms with Crippen molar-refractivity contribution in [1.29, 1.82) is 10.5 Å². The van der Waals surface area contributed by atoms with Crippen LogP contribution in [0.2, 0.25) is 0 Å². The average molecular weight is 273 g/mol. The van der Waals surface area contributed by atoms with Crippen molar-refractivity contribution in [3.63, 3.8) is 0 Å². The van der Waals surface area contributed by atoms with Gasteiger partial charge in [0.1, 0.15) is 11.8 Å². The molecule has 0 aliphatic carbocycles. The van der Waals surface area contributed by atoms with Crippen LogP contribution >= 0.6 is 0 Å². The Hall–Kier alpha value is -3.18. The molecule has 0 unspecified atom stereocenters. The van der Waals surface area contributed by atoms with Gasteiger partial charge in [0, 0.05) is 12.7 Å². The minimum atomic E-state index is 0.518. The van der Waals surface area contributed by atoms with Crippen LogP contribution in [-0.2, 0) is 6.54 Å². The zero-order valence-electron chi connectivity index (χ0n) is 11.4. The lowest BCUT2D eigenvalue weighted by atomic mass is 10.2. The van der Waals surface area contributed by atoms with Gasteiger partial charge in [0.15, 0.2) is 5.82 Å². The molecule has 0 amide bonds. The summed E-state index contributed by atoms with van der Waals surface area (Å²) in [6.07, 6.45) is 1.54. The SMILES string of the molecule is CCn1c(-c2ccc(C#N)cn2)nc2cc(C#N)ccc21. The van der Waals surface area contributed by atoms with Gasteiger partial charge in [-0.05, 0) is 37.3 Å². The maximum atomic E-state index is 8.98. The quantitative estimate of drug-likeness (QED) is 0.719. The number of aromatic nitrogens is 3. The summed E-state index contributed by atoms with van der Waals surface area (Å²) >= 11 is 0. The van der Waals surface area contributed by atoms with Crippen molar-refractivity contribution in [2.45, 2.75) is 13.5 Å². The van der Waals surface area contributed by atoms with Crippen LogP contribution < -0.4 is 0 Å². The van der Waals surface area contributed by atoms with E-state index in [1.807, 2.05) is 17.6 Å². The maximum absolute atomic E-state index is 8.98. The molecule has 2 heterocycles. The summed E-state index contributed by atoms with van der Waals surface area (Å²) in [5, 5.41) is 17.8. The highest BCUT2D eigenvalue weighted by Gasteiger charge is 2.13. The Balaban J connectivity index is 2.21. The molecule has 0 saturated carbocycles. The van der Waals surface area contributed by atoms with Gasteiger partial charge in [0.05, 0.1) is 28.2 Å². The summed E-state index contributed by atoms with van der Waals surface area (Å²) in [7, 11) is 0. The fraction of sp³-hybridized carbons (Fsp3) is 0.125. The largest absolute Gasteiger partial charge is 0.323 e. The third-order valence-corrected chi connectivity index (χ3v) is 3.32. The molecule has 0 radical (unpaired) electrons. The van der Waals surface area contributed by atoms with Gasteiger partial charge in [-0.1, -0.05) is 0 Å². The first kappa shape index (κ1) is 12.8. The van der Waals surface area contributed by atoms with Crippen LogP contribution in [0.25, 0.3) is 22.6 Å². The van der Waals surface area contributed by atoms with E-state index in [1.54, 1.807) is 24.3 Å². The lowest BCUT2D eigenvalue weighted by Crippen LogP contribution is -1.98. The third-order valence-electron chi connectivity index (χ3n) is 3.32.